The second kappa shape index (κ2) is 29.1. The molecule has 3 aliphatic rings. The van der Waals surface area contributed by atoms with Gasteiger partial charge < -0.3 is 67.4 Å². The SMILES string of the molecule is CCC(=O)O[C@@H]1CC(=O)O[C@@H](CC=Cc2cncc(-c3cccnc3)c2)CCCN(C)C[C@H](O)[C@H](C)C[C@H](CC=O)[C@H](O[C@@H]2OC(C)[C@@H](O[C@H]3CC(C)(OC(C)=O)[C@@H](OC(=O)CC)C(C)O3)C(N(C)C)C2O)[C@H]1OC. The van der Waals surface area contributed by atoms with Crippen LogP contribution < -0.4 is 0 Å². The molecular weight excluding hydrogens is 973 g/mol. The third-order valence-corrected chi connectivity index (χ3v) is 14.3. The summed E-state index contributed by atoms with van der Waals surface area (Å²) in [5.74, 6) is -3.50. The number of pyridine rings is 2. The van der Waals surface area contributed by atoms with Crippen LogP contribution >= 0.6 is 0 Å². The van der Waals surface area contributed by atoms with E-state index in [0.717, 1.165) is 23.0 Å². The number of aldehydes is 1. The molecular formula is C55H82N4O16. The Morgan fingerprint density at radius 1 is 0.947 bits per heavy atom. The Kier molecular flexibility index (Phi) is 23.7. The van der Waals surface area contributed by atoms with Crippen LogP contribution in [0.25, 0.3) is 17.2 Å². The number of rotatable bonds is 17. The highest BCUT2D eigenvalue weighted by molar-refractivity contribution is 5.73. The second-order valence-electron chi connectivity index (χ2n) is 20.6. The number of carbonyl (C=O) groups is 5. The van der Waals surface area contributed by atoms with Crippen LogP contribution in [0.1, 0.15) is 112 Å². The van der Waals surface area contributed by atoms with Gasteiger partial charge in [-0.05, 0) is 97.3 Å². The third-order valence-electron chi connectivity index (χ3n) is 14.3. The van der Waals surface area contributed by atoms with Crippen molar-refractivity contribution in [2.24, 2.45) is 11.8 Å². The van der Waals surface area contributed by atoms with Gasteiger partial charge in [-0.3, -0.25) is 29.1 Å². The monoisotopic (exact) mass is 1050 g/mol. The first-order valence-electron chi connectivity index (χ1n) is 26.3. The molecule has 0 spiro atoms. The fourth-order valence-electron chi connectivity index (χ4n) is 10.4. The zero-order valence-electron chi connectivity index (χ0n) is 45.6. The number of aromatic nitrogens is 2. The number of β-amino-alcohol motifs (C(OH)–C–C–N with tert-alkyl or cyclic N) is 1. The molecule has 3 aliphatic heterocycles. The van der Waals surface area contributed by atoms with Crippen LogP contribution in [0.3, 0.4) is 0 Å². The Balaban J connectivity index is 1.45. The molecule has 0 aliphatic carbocycles. The summed E-state index contributed by atoms with van der Waals surface area (Å²) in [6.45, 7) is 12.4. The summed E-state index contributed by atoms with van der Waals surface area (Å²) >= 11 is 0. The number of carbonyl (C=O) groups excluding carboxylic acids is 5. The second-order valence-corrected chi connectivity index (χ2v) is 20.6. The quantitative estimate of drug-likeness (QED) is 0.119. The average Bonchev–Trinajstić information content (AvgIpc) is 3.35. The number of aliphatic hydroxyl groups excluding tert-OH is 2. The third kappa shape index (κ3) is 17.4. The summed E-state index contributed by atoms with van der Waals surface area (Å²) in [5, 5.41) is 24.1. The predicted octanol–water partition coefficient (Wildman–Crippen LogP) is 5.09. The molecule has 2 N–H and O–H groups in total. The molecule has 418 valence electrons. The normalized spacial score (nSPS) is 33.8. The molecule has 5 rings (SSSR count). The van der Waals surface area contributed by atoms with Crippen LogP contribution in [0.15, 0.2) is 49.1 Å². The van der Waals surface area contributed by atoms with Crippen LogP contribution in [0, 0.1) is 11.8 Å². The lowest BCUT2D eigenvalue weighted by atomic mass is 9.82. The highest BCUT2D eigenvalue weighted by atomic mass is 16.7. The lowest BCUT2D eigenvalue weighted by Gasteiger charge is -2.50. The van der Waals surface area contributed by atoms with Crippen LogP contribution in [0.4, 0.5) is 0 Å². The molecule has 0 amide bonds. The Morgan fingerprint density at radius 2 is 1.67 bits per heavy atom. The Bertz CT molecular complexity index is 2170. The minimum atomic E-state index is -1.45. The van der Waals surface area contributed by atoms with Gasteiger partial charge in [0.15, 0.2) is 24.3 Å². The van der Waals surface area contributed by atoms with E-state index in [1.54, 1.807) is 78.4 Å². The van der Waals surface area contributed by atoms with E-state index in [9.17, 15) is 34.2 Å². The van der Waals surface area contributed by atoms with Crippen LogP contribution in [0.5, 0.6) is 0 Å². The van der Waals surface area contributed by atoms with Crippen molar-refractivity contribution in [1.82, 2.24) is 19.8 Å². The predicted molar refractivity (Wildman–Crippen MR) is 274 cm³/mol. The van der Waals surface area contributed by atoms with Crippen LogP contribution in [-0.4, -0.2) is 187 Å². The van der Waals surface area contributed by atoms with Gasteiger partial charge in [-0.1, -0.05) is 39.0 Å². The number of ether oxygens (including phenoxy) is 9. The van der Waals surface area contributed by atoms with Crippen molar-refractivity contribution >= 4 is 36.2 Å². The molecule has 0 saturated carbocycles. The van der Waals surface area contributed by atoms with E-state index >= 15 is 0 Å². The Labute approximate surface area is 442 Å². The van der Waals surface area contributed by atoms with Crippen molar-refractivity contribution < 1.29 is 76.8 Å². The van der Waals surface area contributed by atoms with E-state index in [1.165, 1.54) is 14.0 Å². The fraction of sp³-hybridized carbons (Fsp3) is 0.691. The van der Waals surface area contributed by atoms with E-state index in [-0.39, 0.29) is 32.1 Å². The first-order chi connectivity index (χ1) is 35.7. The maximum absolute atomic E-state index is 14.2. The molecule has 0 bridgehead atoms. The topological polar surface area (TPSA) is 241 Å². The van der Waals surface area contributed by atoms with Gasteiger partial charge in [0.25, 0.3) is 0 Å². The molecule has 5 unspecified atom stereocenters. The van der Waals surface area contributed by atoms with Gasteiger partial charge in [0, 0.05) is 88.6 Å². The summed E-state index contributed by atoms with van der Waals surface area (Å²) in [4.78, 5) is 77.4. The number of likely N-dealkylation sites (N-methyl/N-ethyl adjacent to an activating group) is 2. The smallest absolute Gasteiger partial charge is 0.309 e. The van der Waals surface area contributed by atoms with Gasteiger partial charge in [-0.25, -0.2) is 0 Å². The van der Waals surface area contributed by atoms with Gasteiger partial charge in [0.2, 0.25) is 0 Å². The van der Waals surface area contributed by atoms with Crippen molar-refractivity contribution in [3.05, 3.63) is 54.6 Å². The highest BCUT2D eigenvalue weighted by Crippen LogP contribution is 2.39. The molecule has 2 aromatic heterocycles. The summed E-state index contributed by atoms with van der Waals surface area (Å²) in [6, 6.07) is 4.97. The first kappa shape index (κ1) is 61.1. The van der Waals surface area contributed by atoms with Gasteiger partial charge in [-0.15, -0.1) is 0 Å². The molecule has 2 aromatic rings. The van der Waals surface area contributed by atoms with E-state index in [1.807, 2.05) is 49.2 Å². The minimum absolute atomic E-state index is 0.0277. The molecule has 16 atom stereocenters. The van der Waals surface area contributed by atoms with E-state index in [2.05, 4.69) is 9.97 Å². The fourth-order valence-corrected chi connectivity index (χ4v) is 10.4. The molecule has 0 radical (unpaired) electrons. The van der Waals surface area contributed by atoms with Crippen molar-refractivity contribution in [1.29, 1.82) is 0 Å². The number of hydrogen-bond donors (Lipinski definition) is 2. The minimum Gasteiger partial charge on any atom is -0.462 e. The summed E-state index contributed by atoms with van der Waals surface area (Å²) in [7, 11) is 6.79. The largest absolute Gasteiger partial charge is 0.462 e. The number of esters is 4. The molecule has 3 saturated heterocycles. The lowest BCUT2D eigenvalue weighted by Crippen LogP contribution is -2.66. The Morgan fingerprint density at radius 3 is 2.32 bits per heavy atom. The molecule has 5 heterocycles. The number of methoxy groups -OCH3 is 1. The van der Waals surface area contributed by atoms with Crippen molar-refractivity contribution in [2.75, 3.05) is 41.3 Å². The molecule has 0 aromatic carbocycles. The van der Waals surface area contributed by atoms with Crippen LogP contribution in [0.2, 0.25) is 0 Å². The summed E-state index contributed by atoms with van der Waals surface area (Å²) < 4.78 is 56.2. The standard InChI is InChI=1S/C55H82N4O16/c1-12-44(63)71-43-27-46(65)70-41(19-14-17-37-26-40(31-57-29-37)39-18-15-22-56-30-39)20-16-23-59(10)32-42(62)33(3)25-38(21-24-60)51(52(43)67-11)74-54-49(66)48(58(8)9)50(34(4)69-54)73-47-28-55(7,75-36(6)61)53(35(5)68-47)72-45(64)13-2/h14-15,17-18,22,24,26,29-31,33-35,38,41-43,47-54,62,66H,12-13,16,19-21,23,25,27-28,32H2,1-11H3/t33-,34?,35?,38+,41+,42+,43-,47+,48?,49?,50-,51+,52+,53+,54+,55?/m1/s1. The van der Waals surface area contributed by atoms with Gasteiger partial charge in [0.1, 0.15) is 36.8 Å². The van der Waals surface area contributed by atoms with Gasteiger partial charge >= 0.3 is 23.9 Å². The van der Waals surface area contributed by atoms with Crippen molar-refractivity contribution in [3.63, 3.8) is 0 Å². The number of aliphatic hydroxyl groups is 2. The maximum atomic E-state index is 14.2. The number of hydrogen-bond acceptors (Lipinski definition) is 20. The van der Waals surface area contributed by atoms with E-state index in [0.29, 0.717) is 32.4 Å². The number of nitrogens with zero attached hydrogens (tertiary/aromatic N) is 4. The highest BCUT2D eigenvalue weighted by Gasteiger charge is 2.54. The van der Waals surface area contributed by atoms with Crippen LogP contribution in [-0.2, 0) is 66.6 Å². The average molecular weight is 1060 g/mol. The zero-order valence-corrected chi connectivity index (χ0v) is 45.6. The first-order valence-corrected chi connectivity index (χ1v) is 26.3. The van der Waals surface area contributed by atoms with Gasteiger partial charge in [-0.2, -0.15) is 0 Å². The zero-order chi connectivity index (χ0) is 55.0. The maximum Gasteiger partial charge on any atom is 0.309 e. The number of cyclic esters (lactones) is 1. The lowest BCUT2D eigenvalue weighted by molar-refractivity contribution is -0.344. The van der Waals surface area contributed by atoms with E-state index in [4.69, 9.17) is 42.6 Å². The molecule has 3 fully saturated rings. The van der Waals surface area contributed by atoms with Crippen molar-refractivity contribution in [2.45, 2.75) is 192 Å². The molecule has 75 heavy (non-hydrogen) atoms. The summed E-state index contributed by atoms with van der Waals surface area (Å²) in [6.07, 6.45) is 0.283. The molecule has 20 heteroatoms. The summed E-state index contributed by atoms with van der Waals surface area (Å²) in [5.41, 5.74) is 1.32. The van der Waals surface area contributed by atoms with Gasteiger partial charge in [0.05, 0.1) is 36.9 Å². The van der Waals surface area contributed by atoms with Crippen molar-refractivity contribution in [3.8, 4) is 11.1 Å². The Hall–Kier alpha value is -4.77. The molecule has 20 nitrogen and oxygen atoms in total. The van der Waals surface area contributed by atoms with E-state index < -0.39 is 127 Å².